The van der Waals surface area contributed by atoms with Crippen LogP contribution in [0, 0.1) is 0 Å². The summed E-state index contributed by atoms with van der Waals surface area (Å²) in [6, 6.07) is 12.5. The van der Waals surface area contributed by atoms with E-state index in [0.717, 1.165) is 5.56 Å². The number of ether oxygens (including phenoxy) is 2. The second-order valence-electron chi connectivity index (χ2n) is 7.92. The zero-order valence-corrected chi connectivity index (χ0v) is 17.2. The van der Waals surface area contributed by atoms with E-state index in [9.17, 15) is 20.1 Å². The van der Waals surface area contributed by atoms with Gasteiger partial charge in [0.15, 0.2) is 6.61 Å². The van der Waals surface area contributed by atoms with Gasteiger partial charge in [0.25, 0.3) is 0 Å². The van der Waals surface area contributed by atoms with Crippen molar-refractivity contribution < 1.29 is 29.6 Å². The van der Waals surface area contributed by atoms with E-state index < -0.39 is 17.7 Å². The second kappa shape index (κ2) is 10.4. The molecule has 0 saturated carbocycles. The summed E-state index contributed by atoms with van der Waals surface area (Å²) in [6.07, 6.45) is 0.400. The van der Waals surface area contributed by atoms with Crippen LogP contribution in [0.1, 0.15) is 55.5 Å². The Hall–Kier alpha value is -2.41. The third kappa shape index (κ3) is 7.49. The maximum absolute atomic E-state index is 11.8. The van der Waals surface area contributed by atoms with Gasteiger partial charge in [-0.05, 0) is 68.0 Å². The first-order chi connectivity index (χ1) is 13.7. The molecule has 0 fully saturated rings. The fourth-order valence-electron chi connectivity index (χ4n) is 2.93. The Morgan fingerprint density at radius 3 is 2.41 bits per heavy atom. The van der Waals surface area contributed by atoms with E-state index in [0.29, 0.717) is 35.3 Å². The van der Waals surface area contributed by atoms with Crippen molar-refractivity contribution in [2.45, 2.75) is 58.5 Å². The van der Waals surface area contributed by atoms with Gasteiger partial charge in [-0.2, -0.15) is 0 Å². The van der Waals surface area contributed by atoms with E-state index in [1.807, 2.05) is 12.1 Å². The van der Waals surface area contributed by atoms with E-state index in [1.165, 1.54) is 0 Å². The minimum Gasteiger partial charge on any atom is -0.482 e. The Balaban J connectivity index is 1.93. The molecule has 0 heterocycles. The van der Waals surface area contributed by atoms with Gasteiger partial charge < -0.3 is 24.8 Å². The smallest absolute Gasteiger partial charge is 0.344 e. The number of aliphatic hydroxyl groups excluding tert-OH is 3. The van der Waals surface area contributed by atoms with Crippen molar-refractivity contribution in [3.05, 3.63) is 64.7 Å². The number of aliphatic hydroxyl groups is 3. The highest BCUT2D eigenvalue weighted by molar-refractivity contribution is 5.71. The quantitative estimate of drug-likeness (QED) is 0.558. The molecule has 3 N–H and O–H groups in total. The molecule has 0 spiro atoms. The molecule has 0 radical (unpaired) electrons. The Kier molecular flexibility index (Phi) is 8.20. The van der Waals surface area contributed by atoms with Crippen LogP contribution in [0.5, 0.6) is 5.75 Å². The molecule has 0 aromatic heterocycles. The van der Waals surface area contributed by atoms with Gasteiger partial charge in [-0.3, -0.25) is 0 Å². The lowest BCUT2D eigenvalue weighted by molar-refractivity contribution is -0.157. The molecule has 158 valence electrons. The monoisotopic (exact) mass is 402 g/mol. The van der Waals surface area contributed by atoms with Gasteiger partial charge in [-0.1, -0.05) is 30.3 Å². The molecule has 29 heavy (non-hydrogen) atoms. The van der Waals surface area contributed by atoms with Gasteiger partial charge in [0.05, 0.1) is 19.3 Å². The molecule has 6 heteroatoms. The van der Waals surface area contributed by atoms with Crippen LogP contribution >= 0.6 is 0 Å². The number of hydrogen-bond acceptors (Lipinski definition) is 6. The number of hydrogen-bond donors (Lipinski definition) is 3. The van der Waals surface area contributed by atoms with Crippen LogP contribution in [0.2, 0.25) is 0 Å². The molecule has 0 bridgehead atoms. The Morgan fingerprint density at radius 1 is 1.03 bits per heavy atom. The summed E-state index contributed by atoms with van der Waals surface area (Å²) >= 11 is 0. The fourth-order valence-corrected chi connectivity index (χ4v) is 2.93. The van der Waals surface area contributed by atoms with Crippen molar-refractivity contribution in [2.24, 2.45) is 0 Å². The minimum atomic E-state index is -0.699. The fraction of sp³-hybridized carbons (Fsp3) is 0.435. The molecular formula is C23H30O6. The molecule has 0 aliphatic rings. The summed E-state index contributed by atoms with van der Waals surface area (Å²) < 4.78 is 10.7. The number of rotatable bonds is 9. The van der Waals surface area contributed by atoms with E-state index in [2.05, 4.69) is 0 Å². The summed E-state index contributed by atoms with van der Waals surface area (Å²) in [5.41, 5.74) is 2.50. The van der Waals surface area contributed by atoms with Crippen LogP contribution in [0.15, 0.2) is 42.5 Å². The van der Waals surface area contributed by atoms with Gasteiger partial charge in [-0.25, -0.2) is 4.79 Å². The lowest BCUT2D eigenvalue weighted by Gasteiger charge is -2.19. The molecule has 2 aromatic carbocycles. The number of carbonyl (C=O) groups excluding carboxylic acids is 1. The second-order valence-corrected chi connectivity index (χ2v) is 7.92. The van der Waals surface area contributed by atoms with Crippen LogP contribution < -0.4 is 4.74 Å². The van der Waals surface area contributed by atoms with Gasteiger partial charge in [0.2, 0.25) is 0 Å². The van der Waals surface area contributed by atoms with Crippen molar-refractivity contribution >= 4 is 5.97 Å². The summed E-state index contributed by atoms with van der Waals surface area (Å²) in [5, 5.41) is 29.2. The van der Waals surface area contributed by atoms with Crippen molar-refractivity contribution in [3.8, 4) is 5.75 Å². The predicted molar refractivity (Wildman–Crippen MR) is 109 cm³/mol. The van der Waals surface area contributed by atoms with Gasteiger partial charge in [0.1, 0.15) is 11.4 Å². The molecule has 6 nitrogen and oxygen atoms in total. The lowest BCUT2D eigenvalue weighted by Crippen LogP contribution is -2.27. The largest absolute Gasteiger partial charge is 0.482 e. The van der Waals surface area contributed by atoms with Crippen LogP contribution in [0.25, 0.3) is 0 Å². The molecule has 0 aliphatic carbocycles. The Bertz CT molecular complexity index is 809. The molecule has 1 atom stereocenters. The first-order valence-corrected chi connectivity index (χ1v) is 9.67. The summed E-state index contributed by atoms with van der Waals surface area (Å²) in [6.45, 7) is 4.93. The maximum atomic E-state index is 11.8. The number of aryl methyl sites for hydroxylation is 1. The topological polar surface area (TPSA) is 96.2 Å². The maximum Gasteiger partial charge on any atom is 0.344 e. The van der Waals surface area contributed by atoms with E-state index in [1.54, 1.807) is 51.1 Å². The zero-order valence-electron chi connectivity index (χ0n) is 17.2. The van der Waals surface area contributed by atoms with E-state index in [4.69, 9.17) is 9.47 Å². The molecular weight excluding hydrogens is 372 g/mol. The SMILES string of the molecule is CC(C)(C)OC(=O)COc1cccc([C@H](O)CCc2ccc(CO)c(CO)c2)c1. The zero-order chi connectivity index (χ0) is 21.4. The summed E-state index contributed by atoms with van der Waals surface area (Å²) in [4.78, 5) is 11.8. The third-order valence-electron chi connectivity index (χ3n) is 4.34. The van der Waals surface area contributed by atoms with Gasteiger partial charge in [-0.15, -0.1) is 0 Å². The van der Waals surface area contributed by atoms with Crippen molar-refractivity contribution in [3.63, 3.8) is 0 Å². The Labute approximate surface area is 171 Å². The molecule has 2 aromatic rings. The standard InChI is InChI=1S/C23H30O6/c1-23(2,3)29-22(27)15-28-20-6-4-5-17(12-20)21(26)10-8-16-7-9-18(13-24)19(11-16)14-25/h4-7,9,11-12,21,24-26H,8,10,13-15H2,1-3H3/t21-/m1/s1. The average Bonchev–Trinajstić information content (AvgIpc) is 2.69. The average molecular weight is 402 g/mol. The normalized spacial score (nSPS) is 12.5. The first kappa shape index (κ1) is 22.9. The highest BCUT2D eigenvalue weighted by Crippen LogP contribution is 2.24. The molecule has 0 unspecified atom stereocenters. The van der Waals surface area contributed by atoms with Gasteiger partial charge >= 0.3 is 5.97 Å². The van der Waals surface area contributed by atoms with Crippen LogP contribution in [-0.4, -0.2) is 33.5 Å². The minimum absolute atomic E-state index is 0.116. The summed E-state index contributed by atoms with van der Waals surface area (Å²) in [7, 11) is 0. The lowest BCUT2D eigenvalue weighted by atomic mass is 9.98. The summed E-state index contributed by atoms with van der Waals surface area (Å²) in [5.74, 6) is 0.0386. The molecule has 0 saturated heterocycles. The third-order valence-corrected chi connectivity index (χ3v) is 4.34. The van der Waals surface area contributed by atoms with Crippen LogP contribution in [-0.2, 0) is 29.2 Å². The Morgan fingerprint density at radius 2 is 1.76 bits per heavy atom. The highest BCUT2D eigenvalue weighted by Gasteiger charge is 2.17. The number of esters is 1. The van der Waals surface area contributed by atoms with Crippen molar-refractivity contribution in [2.75, 3.05) is 6.61 Å². The first-order valence-electron chi connectivity index (χ1n) is 9.67. The van der Waals surface area contributed by atoms with Crippen molar-refractivity contribution in [1.82, 2.24) is 0 Å². The van der Waals surface area contributed by atoms with Crippen molar-refractivity contribution in [1.29, 1.82) is 0 Å². The highest BCUT2D eigenvalue weighted by atomic mass is 16.6. The van der Waals surface area contributed by atoms with E-state index >= 15 is 0 Å². The molecule has 0 aliphatic heterocycles. The van der Waals surface area contributed by atoms with Gasteiger partial charge in [0, 0.05) is 0 Å². The number of benzene rings is 2. The number of carbonyl (C=O) groups is 1. The molecule has 2 rings (SSSR count). The van der Waals surface area contributed by atoms with Crippen LogP contribution in [0.4, 0.5) is 0 Å². The predicted octanol–water partition coefficient (Wildman–Crippen LogP) is 3.06. The van der Waals surface area contributed by atoms with Crippen LogP contribution in [0.3, 0.4) is 0 Å². The van der Waals surface area contributed by atoms with E-state index in [-0.39, 0.29) is 19.8 Å². The molecule has 0 amide bonds.